The van der Waals surface area contributed by atoms with E-state index in [1.54, 1.807) is 12.1 Å². The van der Waals surface area contributed by atoms with E-state index in [2.05, 4.69) is 10.5 Å². The first-order chi connectivity index (χ1) is 10.1. The molecule has 2 aromatic carbocycles. The fourth-order valence-electron chi connectivity index (χ4n) is 2.29. The van der Waals surface area contributed by atoms with Crippen LogP contribution in [0, 0.1) is 10.1 Å². The van der Waals surface area contributed by atoms with Gasteiger partial charge in [0.05, 0.1) is 16.7 Å². The second-order valence-electron chi connectivity index (χ2n) is 4.80. The molecule has 1 heterocycles. The van der Waals surface area contributed by atoms with E-state index in [1.807, 2.05) is 24.3 Å². The van der Waals surface area contributed by atoms with Crippen molar-refractivity contribution in [2.75, 3.05) is 0 Å². The number of hydrazone groups is 1. The molecule has 106 valence electrons. The van der Waals surface area contributed by atoms with Crippen LogP contribution in [-0.2, 0) is 0 Å². The Hall–Kier alpha value is -2.40. The Morgan fingerprint density at radius 2 is 1.81 bits per heavy atom. The molecule has 0 bridgehead atoms. The van der Waals surface area contributed by atoms with Crippen molar-refractivity contribution in [3.05, 3.63) is 74.8 Å². The Labute approximate surface area is 126 Å². The molecule has 6 heteroatoms. The van der Waals surface area contributed by atoms with Crippen molar-refractivity contribution in [2.24, 2.45) is 5.10 Å². The average molecular weight is 302 g/mol. The van der Waals surface area contributed by atoms with E-state index >= 15 is 0 Å². The van der Waals surface area contributed by atoms with Crippen LogP contribution in [0.1, 0.15) is 23.6 Å². The fourth-order valence-corrected chi connectivity index (χ4v) is 2.41. The van der Waals surface area contributed by atoms with Gasteiger partial charge >= 0.3 is 0 Å². The first-order valence-corrected chi connectivity index (χ1v) is 6.83. The van der Waals surface area contributed by atoms with E-state index in [0.29, 0.717) is 5.02 Å². The number of hydrogen-bond acceptors (Lipinski definition) is 4. The number of nitro benzene ring substituents is 1. The van der Waals surface area contributed by atoms with Crippen LogP contribution in [0.2, 0.25) is 5.02 Å². The second-order valence-corrected chi connectivity index (χ2v) is 5.24. The monoisotopic (exact) mass is 301 g/mol. The highest BCUT2D eigenvalue weighted by Gasteiger charge is 2.21. The molecular weight excluding hydrogens is 290 g/mol. The topological polar surface area (TPSA) is 67.5 Å². The minimum atomic E-state index is -0.408. The number of non-ortho nitro benzene ring substituents is 1. The molecule has 0 fully saturated rings. The first kappa shape index (κ1) is 13.6. The van der Waals surface area contributed by atoms with Gasteiger partial charge in [-0.3, -0.25) is 10.1 Å². The summed E-state index contributed by atoms with van der Waals surface area (Å²) in [4.78, 5) is 10.2. The van der Waals surface area contributed by atoms with Crippen LogP contribution in [0.25, 0.3) is 0 Å². The minimum Gasteiger partial charge on any atom is -0.302 e. The molecule has 0 aliphatic carbocycles. The summed E-state index contributed by atoms with van der Waals surface area (Å²) in [5.41, 5.74) is 6.07. The highest BCUT2D eigenvalue weighted by Crippen LogP contribution is 2.26. The van der Waals surface area contributed by atoms with Gasteiger partial charge in [0.15, 0.2) is 0 Å². The van der Waals surface area contributed by atoms with Gasteiger partial charge in [0.25, 0.3) is 5.69 Å². The van der Waals surface area contributed by atoms with Gasteiger partial charge in [0.2, 0.25) is 0 Å². The van der Waals surface area contributed by atoms with Crippen LogP contribution < -0.4 is 5.43 Å². The predicted octanol–water partition coefficient (Wildman–Crippen LogP) is 3.69. The molecule has 0 saturated carbocycles. The zero-order valence-electron chi connectivity index (χ0n) is 11.0. The van der Waals surface area contributed by atoms with Crippen molar-refractivity contribution in [1.82, 2.24) is 5.43 Å². The van der Waals surface area contributed by atoms with Crippen molar-refractivity contribution in [1.29, 1.82) is 0 Å². The summed E-state index contributed by atoms with van der Waals surface area (Å²) in [6.07, 6.45) is 0.736. The summed E-state index contributed by atoms with van der Waals surface area (Å²) in [7, 11) is 0. The lowest BCUT2D eigenvalue weighted by atomic mass is 9.99. The van der Waals surface area contributed by atoms with E-state index in [9.17, 15) is 10.1 Å². The summed E-state index contributed by atoms with van der Waals surface area (Å²) in [5, 5.41) is 15.7. The SMILES string of the molecule is O=[N+]([O-])c1ccc(C2=NNC(c3ccc(Cl)cc3)C2)cc1. The third-order valence-corrected chi connectivity index (χ3v) is 3.69. The molecule has 3 rings (SSSR count). The largest absolute Gasteiger partial charge is 0.302 e. The average Bonchev–Trinajstić information content (AvgIpc) is 2.98. The lowest BCUT2D eigenvalue weighted by Gasteiger charge is -2.09. The molecule has 0 saturated heterocycles. The number of halogens is 1. The molecule has 1 atom stereocenters. The van der Waals surface area contributed by atoms with Gasteiger partial charge in [-0.05, 0) is 35.4 Å². The summed E-state index contributed by atoms with van der Waals surface area (Å²) in [6, 6.07) is 14.2. The van der Waals surface area contributed by atoms with E-state index in [4.69, 9.17) is 11.6 Å². The quantitative estimate of drug-likeness (QED) is 0.694. The van der Waals surface area contributed by atoms with Crippen molar-refractivity contribution in [3.63, 3.8) is 0 Å². The van der Waals surface area contributed by atoms with E-state index in [1.165, 1.54) is 12.1 Å². The van der Waals surface area contributed by atoms with E-state index in [-0.39, 0.29) is 11.7 Å². The Bertz CT molecular complexity index is 696. The second kappa shape index (κ2) is 5.54. The Morgan fingerprint density at radius 3 is 2.43 bits per heavy atom. The summed E-state index contributed by atoms with van der Waals surface area (Å²) in [6.45, 7) is 0. The molecule has 0 radical (unpaired) electrons. The smallest absolute Gasteiger partial charge is 0.269 e. The van der Waals surface area contributed by atoms with Gasteiger partial charge in [0, 0.05) is 23.6 Å². The van der Waals surface area contributed by atoms with Gasteiger partial charge < -0.3 is 5.43 Å². The molecule has 1 unspecified atom stereocenters. The maximum absolute atomic E-state index is 10.7. The van der Waals surface area contributed by atoms with E-state index < -0.39 is 4.92 Å². The van der Waals surface area contributed by atoms with Crippen molar-refractivity contribution in [3.8, 4) is 0 Å². The van der Waals surface area contributed by atoms with Crippen LogP contribution in [0.3, 0.4) is 0 Å². The highest BCUT2D eigenvalue weighted by molar-refractivity contribution is 6.30. The molecule has 1 aliphatic rings. The predicted molar refractivity (Wildman–Crippen MR) is 81.6 cm³/mol. The number of nitrogens with zero attached hydrogens (tertiary/aromatic N) is 2. The van der Waals surface area contributed by atoms with Gasteiger partial charge in [0.1, 0.15) is 0 Å². The molecule has 1 aliphatic heterocycles. The van der Waals surface area contributed by atoms with Crippen LogP contribution in [0.4, 0.5) is 5.69 Å². The molecular formula is C15H12ClN3O2. The number of hydrogen-bond donors (Lipinski definition) is 1. The van der Waals surface area contributed by atoms with Crippen LogP contribution in [-0.4, -0.2) is 10.6 Å². The van der Waals surface area contributed by atoms with Crippen LogP contribution >= 0.6 is 11.6 Å². The molecule has 0 amide bonds. The Balaban J connectivity index is 1.74. The number of nitrogens with one attached hydrogen (secondary N) is 1. The zero-order chi connectivity index (χ0) is 14.8. The third kappa shape index (κ3) is 2.87. The Morgan fingerprint density at radius 1 is 1.14 bits per heavy atom. The third-order valence-electron chi connectivity index (χ3n) is 3.44. The van der Waals surface area contributed by atoms with Gasteiger partial charge in [-0.2, -0.15) is 5.10 Å². The van der Waals surface area contributed by atoms with Crippen LogP contribution in [0.15, 0.2) is 53.6 Å². The maximum atomic E-state index is 10.7. The molecule has 21 heavy (non-hydrogen) atoms. The van der Waals surface area contributed by atoms with Gasteiger partial charge in [-0.25, -0.2) is 0 Å². The molecule has 0 aromatic heterocycles. The molecule has 0 spiro atoms. The number of nitro groups is 1. The standard InChI is InChI=1S/C15H12ClN3O2/c16-12-5-1-10(2-6-12)14-9-15(18-17-14)11-3-7-13(8-4-11)19(20)21/h1-8,14,17H,9H2. The number of benzene rings is 2. The normalized spacial score (nSPS) is 17.2. The van der Waals surface area contributed by atoms with Gasteiger partial charge in [-0.1, -0.05) is 23.7 Å². The lowest BCUT2D eigenvalue weighted by Crippen LogP contribution is -2.09. The van der Waals surface area contributed by atoms with Crippen molar-refractivity contribution >= 4 is 23.0 Å². The lowest BCUT2D eigenvalue weighted by molar-refractivity contribution is -0.384. The first-order valence-electron chi connectivity index (χ1n) is 6.46. The highest BCUT2D eigenvalue weighted by atomic mass is 35.5. The van der Waals surface area contributed by atoms with Crippen LogP contribution in [0.5, 0.6) is 0 Å². The minimum absolute atomic E-state index is 0.0829. The summed E-state index contributed by atoms with van der Waals surface area (Å²) >= 11 is 5.88. The van der Waals surface area contributed by atoms with Gasteiger partial charge in [-0.15, -0.1) is 0 Å². The fraction of sp³-hybridized carbons (Fsp3) is 0.133. The zero-order valence-corrected chi connectivity index (χ0v) is 11.7. The summed E-state index contributed by atoms with van der Waals surface area (Å²) < 4.78 is 0. The maximum Gasteiger partial charge on any atom is 0.269 e. The molecule has 1 N–H and O–H groups in total. The Kier molecular flexibility index (Phi) is 3.58. The number of rotatable bonds is 3. The van der Waals surface area contributed by atoms with E-state index in [0.717, 1.165) is 23.3 Å². The van der Waals surface area contributed by atoms with Crippen molar-refractivity contribution < 1.29 is 4.92 Å². The van der Waals surface area contributed by atoms with Crippen molar-refractivity contribution in [2.45, 2.75) is 12.5 Å². The molecule has 2 aromatic rings. The molecule has 5 nitrogen and oxygen atoms in total. The summed E-state index contributed by atoms with van der Waals surface area (Å²) in [5.74, 6) is 0.